The molecule has 3 heterocycles. The van der Waals surface area contributed by atoms with Crippen LogP contribution in [0.2, 0.25) is 0 Å². The van der Waals surface area contributed by atoms with Crippen molar-refractivity contribution in [1.29, 1.82) is 0 Å². The fraction of sp³-hybridized carbons (Fsp3) is 0.300. The Kier molecular flexibility index (Phi) is 5.01. The molecule has 28 heavy (non-hydrogen) atoms. The average Bonchev–Trinajstić information content (AvgIpc) is 3.34. The van der Waals surface area contributed by atoms with Crippen molar-refractivity contribution in [1.82, 2.24) is 20.0 Å². The van der Waals surface area contributed by atoms with Gasteiger partial charge >= 0.3 is 0 Å². The Hall–Kier alpha value is -3.29. The molecule has 3 aromatic rings. The van der Waals surface area contributed by atoms with E-state index in [1.54, 1.807) is 24.4 Å². The number of likely N-dealkylation sites (tertiary alicyclic amines) is 1. The molecule has 0 radical (unpaired) electrons. The molecular weight excluding hydrogens is 361 g/mol. The quantitative estimate of drug-likeness (QED) is 0.706. The molecule has 1 fully saturated rings. The second-order valence-electron chi connectivity index (χ2n) is 6.72. The van der Waals surface area contributed by atoms with Crippen LogP contribution in [-0.2, 0) is 4.79 Å². The first-order valence-corrected chi connectivity index (χ1v) is 9.20. The maximum Gasteiger partial charge on any atom is 0.259 e. The highest BCUT2D eigenvalue weighted by molar-refractivity contribution is 5.78. The Bertz CT molecular complexity index is 973. The van der Waals surface area contributed by atoms with Crippen LogP contribution in [0.4, 0.5) is 10.2 Å². The van der Waals surface area contributed by atoms with E-state index in [-0.39, 0.29) is 29.1 Å². The minimum atomic E-state index is -0.403. The Morgan fingerprint density at radius 3 is 2.86 bits per heavy atom. The molecule has 0 aliphatic carbocycles. The monoisotopic (exact) mass is 381 g/mol. The van der Waals surface area contributed by atoms with Crippen molar-refractivity contribution in [2.75, 3.05) is 25.0 Å². The fourth-order valence-corrected chi connectivity index (χ4v) is 3.26. The summed E-state index contributed by atoms with van der Waals surface area (Å²) in [4.78, 5) is 22.3. The van der Waals surface area contributed by atoms with Gasteiger partial charge in [-0.15, -0.1) is 0 Å². The molecule has 8 heteroatoms. The van der Waals surface area contributed by atoms with E-state index < -0.39 is 5.82 Å². The number of pyridine rings is 1. The summed E-state index contributed by atoms with van der Waals surface area (Å²) in [5, 5.41) is 7.11. The largest absolute Gasteiger partial charge is 0.370 e. The number of hydrogen-bond acceptors (Lipinski definition) is 6. The van der Waals surface area contributed by atoms with Crippen LogP contribution in [0.5, 0.6) is 0 Å². The molecule has 1 aliphatic rings. The van der Waals surface area contributed by atoms with Crippen LogP contribution in [0.15, 0.2) is 47.1 Å². The molecule has 0 bridgehead atoms. The fourth-order valence-electron chi connectivity index (χ4n) is 3.26. The zero-order valence-electron chi connectivity index (χ0n) is 15.4. The smallest absolute Gasteiger partial charge is 0.259 e. The van der Waals surface area contributed by atoms with E-state index in [0.717, 1.165) is 13.1 Å². The molecule has 1 aromatic carbocycles. The molecule has 1 aliphatic heterocycles. The molecule has 1 amide bonds. The normalized spacial score (nSPS) is 16.6. The summed E-state index contributed by atoms with van der Waals surface area (Å²) in [6.07, 6.45) is 2.19. The third kappa shape index (κ3) is 3.71. The van der Waals surface area contributed by atoms with Crippen LogP contribution in [0, 0.1) is 11.7 Å². The summed E-state index contributed by atoms with van der Waals surface area (Å²) in [6.45, 7) is 4.21. The van der Waals surface area contributed by atoms with Gasteiger partial charge in [0, 0.05) is 38.2 Å². The molecule has 144 valence electrons. The number of amides is 1. The lowest BCUT2D eigenvalue weighted by molar-refractivity contribution is -0.127. The average molecular weight is 381 g/mol. The van der Waals surface area contributed by atoms with E-state index in [0.29, 0.717) is 24.3 Å². The molecular formula is C20H20FN5O2. The summed E-state index contributed by atoms with van der Waals surface area (Å²) in [7, 11) is 0. The highest BCUT2D eigenvalue weighted by Crippen LogP contribution is 2.24. The van der Waals surface area contributed by atoms with Gasteiger partial charge in [0.05, 0.1) is 11.1 Å². The lowest BCUT2D eigenvalue weighted by Crippen LogP contribution is -2.25. The van der Waals surface area contributed by atoms with Crippen molar-refractivity contribution in [2.45, 2.75) is 13.3 Å². The minimum Gasteiger partial charge on any atom is -0.370 e. The molecule has 2 aromatic heterocycles. The topological polar surface area (TPSA) is 84.2 Å². The second kappa shape index (κ2) is 7.75. The highest BCUT2D eigenvalue weighted by Gasteiger charge is 2.28. The number of benzene rings is 1. The maximum atomic E-state index is 13.9. The number of halogens is 1. The van der Waals surface area contributed by atoms with Crippen molar-refractivity contribution in [3.8, 4) is 22.8 Å². The number of nitrogens with one attached hydrogen (secondary N) is 1. The summed E-state index contributed by atoms with van der Waals surface area (Å²) < 4.78 is 19.1. The first-order valence-electron chi connectivity index (χ1n) is 9.20. The van der Waals surface area contributed by atoms with Gasteiger partial charge in [0.25, 0.3) is 5.89 Å². The van der Waals surface area contributed by atoms with Crippen molar-refractivity contribution in [3.63, 3.8) is 0 Å². The van der Waals surface area contributed by atoms with Crippen LogP contribution in [0.1, 0.15) is 13.3 Å². The van der Waals surface area contributed by atoms with Crippen molar-refractivity contribution in [2.24, 2.45) is 5.92 Å². The van der Waals surface area contributed by atoms with Gasteiger partial charge in [0.15, 0.2) is 0 Å². The van der Waals surface area contributed by atoms with Crippen molar-refractivity contribution < 1.29 is 13.7 Å². The summed E-state index contributed by atoms with van der Waals surface area (Å²) in [5.41, 5.74) is 0.935. The van der Waals surface area contributed by atoms with Gasteiger partial charge < -0.3 is 14.7 Å². The first kappa shape index (κ1) is 18.1. The summed E-state index contributed by atoms with van der Waals surface area (Å²) in [5.74, 6) is 1.27. The number of aromatic nitrogens is 3. The molecule has 1 atom stereocenters. The molecule has 0 saturated carbocycles. The Balaban J connectivity index is 1.40. The number of carbonyl (C=O) groups is 1. The van der Waals surface area contributed by atoms with Gasteiger partial charge in [-0.2, -0.15) is 4.98 Å². The zero-order chi connectivity index (χ0) is 19.5. The van der Waals surface area contributed by atoms with Crippen LogP contribution in [0.3, 0.4) is 0 Å². The molecule has 1 saturated heterocycles. The maximum absolute atomic E-state index is 13.9. The lowest BCUT2D eigenvalue weighted by Gasteiger charge is -2.14. The highest BCUT2D eigenvalue weighted by atomic mass is 19.1. The first-order chi connectivity index (χ1) is 13.6. The number of nitrogens with zero attached hydrogens (tertiary/aromatic N) is 4. The van der Waals surface area contributed by atoms with Crippen LogP contribution >= 0.6 is 0 Å². The van der Waals surface area contributed by atoms with Gasteiger partial charge in [0.2, 0.25) is 11.7 Å². The van der Waals surface area contributed by atoms with Gasteiger partial charge in [0.1, 0.15) is 11.6 Å². The lowest BCUT2D eigenvalue weighted by atomic mass is 10.1. The standard InChI is InChI=1S/C20H20FN5O2/c1-2-26-12-13(9-18(26)27)10-22-17-8-7-14(11-23-17)20-24-19(25-28-20)15-5-3-4-6-16(15)21/h3-8,11,13H,2,9-10,12H2,1H3,(H,22,23)/t13-/m0/s1. The Labute approximate surface area is 161 Å². The van der Waals surface area contributed by atoms with Crippen molar-refractivity contribution >= 4 is 11.7 Å². The third-order valence-electron chi connectivity index (χ3n) is 4.80. The van der Waals surface area contributed by atoms with Crippen LogP contribution < -0.4 is 5.32 Å². The molecule has 1 N–H and O–H groups in total. The van der Waals surface area contributed by atoms with Crippen LogP contribution in [0.25, 0.3) is 22.8 Å². The number of rotatable bonds is 6. The van der Waals surface area contributed by atoms with Gasteiger partial charge in [-0.3, -0.25) is 4.79 Å². The Morgan fingerprint density at radius 2 is 2.14 bits per heavy atom. The van der Waals surface area contributed by atoms with Gasteiger partial charge in [-0.1, -0.05) is 17.3 Å². The van der Waals surface area contributed by atoms with E-state index >= 15 is 0 Å². The third-order valence-corrected chi connectivity index (χ3v) is 4.80. The molecule has 7 nitrogen and oxygen atoms in total. The van der Waals surface area contributed by atoms with Gasteiger partial charge in [-0.25, -0.2) is 9.37 Å². The molecule has 0 unspecified atom stereocenters. The predicted molar refractivity (Wildman–Crippen MR) is 102 cm³/mol. The minimum absolute atomic E-state index is 0.196. The van der Waals surface area contributed by atoms with Crippen molar-refractivity contribution in [3.05, 3.63) is 48.4 Å². The summed E-state index contributed by atoms with van der Waals surface area (Å²) >= 11 is 0. The van der Waals surface area contributed by atoms with Crippen LogP contribution in [-0.4, -0.2) is 45.6 Å². The van der Waals surface area contributed by atoms with E-state index in [4.69, 9.17) is 4.52 Å². The van der Waals surface area contributed by atoms with E-state index in [1.165, 1.54) is 6.07 Å². The SMILES string of the molecule is CCN1C[C@H](CNc2ccc(-c3nc(-c4ccccc4F)no3)cn2)CC1=O. The second-order valence-corrected chi connectivity index (χ2v) is 6.72. The van der Waals surface area contributed by atoms with E-state index in [1.807, 2.05) is 24.0 Å². The summed E-state index contributed by atoms with van der Waals surface area (Å²) in [6, 6.07) is 9.90. The van der Waals surface area contributed by atoms with E-state index in [9.17, 15) is 9.18 Å². The van der Waals surface area contributed by atoms with E-state index in [2.05, 4.69) is 20.4 Å². The number of hydrogen-bond donors (Lipinski definition) is 1. The predicted octanol–water partition coefficient (Wildman–Crippen LogP) is 3.22. The molecule has 0 spiro atoms. The zero-order valence-corrected chi connectivity index (χ0v) is 15.4. The Morgan fingerprint density at radius 1 is 1.29 bits per heavy atom. The molecule has 4 rings (SSSR count). The number of anilines is 1. The number of carbonyl (C=O) groups excluding carboxylic acids is 1. The van der Waals surface area contributed by atoms with Gasteiger partial charge in [-0.05, 0) is 31.2 Å².